The maximum absolute atomic E-state index is 12.9. The smallest absolute Gasteiger partial charge is 0.185 e. The van der Waals surface area contributed by atoms with Gasteiger partial charge in [-0.25, -0.2) is 8.42 Å². The number of tetrazole rings is 1. The molecule has 0 radical (unpaired) electrons. The molecule has 2 aromatic carbocycles. The van der Waals surface area contributed by atoms with Gasteiger partial charge in [-0.05, 0) is 71.5 Å². The summed E-state index contributed by atoms with van der Waals surface area (Å²) < 4.78 is 27.2. The molecule has 6 nitrogen and oxygen atoms in total. The lowest BCUT2D eigenvalue weighted by molar-refractivity contribution is 0.592. The van der Waals surface area contributed by atoms with Gasteiger partial charge in [0.25, 0.3) is 0 Å². The van der Waals surface area contributed by atoms with E-state index in [0.717, 1.165) is 30.5 Å². The molecule has 25 heavy (non-hydrogen) atoms. The highest BCUT2D eigenvalue weighted by molar-refractivity contribution is 7.90. The summed E-state index contributed by atoms with van der Waals surface area (Å²) in [4.78, 5) is 0.343. The van der Waals surface area contributed by atoms with Crippen molar-refractivity contribution in [1.29, 1.82) is 0 Å². The molecule has 1 heterocycles. The number of sulfone groups is 1. The van der Waals surface area contributed by atoms with Crippen LogP contribution in [0.4, 0.5) is 0 Å². The molecule has 0 aliphatic heterocycles. The summed E-state index contributed by atoms with van der Waals surface area (Å²) in [6.07, 6.45) is 4.26. The minimum absolute atomic E-state index is 0.228. The van der Waals surface area contributed by atoms with E-state index in [1.165, 1.54) is 16.7 Å². The van der Waals surface area contributed by atoms with Crippen molar-refractivity contribution in [3.63, 3.8) is 0 Å². The van der Waals surface area contributed by atoms with Crippen LogP contribution in [0.15, 0.2) is 53.4 Å². The van der Waals surface area contributed by atoms with E-state index in [0.29, 0.717) is 10.7 Å². The first kappa shape index (κ1) is 16.0. The van der Waals surface area contributed by atoms with Crippen molar-refractivity contribution in [1.82, 2.24) is 20.2 Å². The highest BCUT2D eigenvalue weighted by Crippen LogP contribution is 2.25. The van der Waals surface area contributed by atoms with Crippen LogP contribution >= 0.6 is 0 Å². The molecule has 1 aliphatic carbocycles. The third-order valence-electron chi connectivity index (χ3n) is 4.53. The van der Waals surface area contributed by atoms with Crippen molar-refractivity contribution in [2.24, 2.45) is 0 Å². The van der Waals surface area contributed by atoms with E-state index in [4.69, 9.17) is 0 Å². The van der Waals surface area contributed by atoms with Gasteiger partial charge in [0.15, 0.2) is 15.7 Å². The van der Waals surface area contributed by atoms with Gasteiger partial charge in [-0.3, -0.25) is 0 Å². The normalized spacial score (nSPS) is 14.2. The molecule has 0 unspecified atom stereocenters. The number of rotatable bonds is 4. The van der Waals surface area contributed by atoms with E-state index in [1.807, 2.05) is 42.5 Å². The van der Waals surface area contributed by atoms with Gasteiger partial charge in [0.05, 0.1) is 10.6 Å². The van der Waals surface area contributed by atoms with Gasteiger partial charge in [0.2, 0.25) is 0 Å². The first-order valence-corrected chi connectivity index (χ1v) is 9.96. The second kappa shape index (κ2) is 6.40. The summed E-state index contributed by atoms with van der Waals surface area (Å²) in [6, 6.07) is 14.8. The van der Waals surface area contributed by atoms with Crippen LogP contribution in [0.5, 0.6) is 0 Å². The lowest BCUT2D eigenvalue weighted by Gasteiger charge is -2.16. The molecule has 0 fully saturated rings. The predicted molar refractivity (Wildman–Crippen MR) is 93.1 cm³/mol. The van der Waals surface area contributed by atoms with Gasteiger partial charge in [-0.1, -0.05) is 24.3 Å². The Kier molecular flexibility index (Phi) is 4.09. The fraction of sp³-hybridized carbons (Fsp3) is 0.278. The number of benzene rings is 2. The van der Waals surface area contributed by atoms with Gasteiger partial charge in [0, 0.05) is 0 Å². The van der Waals surface area contributed by atoms with Crippen LogP contribution in [-0.4, -0.2) is 28.6 Å². The topological polar surface area (TPSA) is 77.7 Å². The third-order valence-corrected chi connectivity index (χ3v) is 6.14. The quantitative estimate of drug-likeness (QED) is 0.719. The maximum Gasteiger partial charge on any atom is 0.185 e. The molecule has 0 amide bonds. The molecule has 4 rings (SSSR count). The Labute approximate surface area is 146 Å². The SMILES string of the molecule is O=S(=O)(Cc1nnnn1-c1ccccc1)c1ccc2c(c1)CCCC2. The first-order valence-electron chi connectivity index (χ1n) is 8.31. The van der Waals surface area contributed by atoms with Crippen molar-refractivity contribution in [3.05, 3.63) is 65.5 Å². The Hall–Kier alpha value is -2.54. The van der Waals surface area contributed by atoms with Crippen molar-refractivity contribution in [2.45, 2.75) is 36.3 Å². The summed E-state index contributed by atoms with van der Waals surface area (Å²) in [5, 5.41) is 11.5. The van der Waals surface area contributed by atoms with Crippen LogP contribution in [0, 0.1) is 0 Å². The minimum atomic E-state index is -3.51. The average Bonchev–Trinajstić information content (AvgIpc) is 3.09. The molecule has 7 heteroatoms. The Bertz CT molecular complexity index is 997. The Morgan fingerprint density at radius 2 is 1.72 bits per heavy atom. The number of fused-ring (bicyclic) bond motifs is 1. The van der Waals surface area contributed by atoms with E-state index in [2.05, 4.69) is 15.5 Å². The average molecular weight is 354 g/mol. The zero-order valence-corrected chi connectivity index (χ0v) is 14.5. The van der Waals surface area contributed by atoms with Gasteiger partial charge in [0.1, 0.15) is 5.75 Å². The lowest BCUT2D eigenvalue weighted by atomic mass is 9.92. The fourth-order valence-electron chi connectivity index (χ4n) is 3.22. The molecule has 0 saturated carbocycles. The summed E-state index contributed by atoms with van der Waals surface area (Å²) in [5.41, 5.74) is 3.15. The van der Waals surface area contributed by atoms with E-state index in [1.54, 1.807) is 6.07 Å². The summed E-state index contributed by atoms with van der Waals surface area (Å²) in [6.45, 7) is 0. The van der Waals surface area contributed by atoms with Crippen molar-refractivity contribution in [3.8, 4) is 5.69 Å². The largest absolute Gasteiger partial charge is 0.223 e. The van der Waals surface area contributed by atoms with Crippen molar-refractivity contribution < 1.29 is 8.42 Å². The predicted octanol–water partition coefficient (Wildman–Crippen LogP) is 2.52. The van der Waals surface area contributed by atoms with Gasteiger partial charge in [-0.2, -0.15) is 4.68 Å². The number of hydrogen-bond acceptors (Lipinski definition) is 5. The van der Waals surface area contributed by atoms with E-state index < -0.39 is 9.84 Å². The first-order chi connectivity index (χ1) is 12.1. The molecule has 0 bridgehead atoms. The monoisotopic (exact) mass is 354 g/mol. The summed E-state index contributed by atoms with van der Waals surface area (Å²) in [5.74, 6) is 0.0807. The van der Waals surface area contributed by atoms with E-state index >= 15 is 0 Å². The second-order valence-electron chi connectivity index (χ2n) is 6.24. The molecule has 3 aromatic rings. The van der Waals surface area contributed by atoms with E-state index in [9.17, 15) is 8.42 Å². The second-order valence-corrected chi connectivity index (χ2v) is 8.23. The number of aromatic nitrogens is 4. The van der Waals surface area contributed by atoms with Crippen LogP contribution < -0.4 is 0 Å². The summed E-state index contributed by atoms with van der Waals surface area (Å²) >= 11 is 0. The van der Waals surface area contributed by atoms with Crippen LogP contribution in [-0.2, 0) is 28.4 Å². The standard InChI is InChI=1S/C18H18N4O2S/c23-25(24,17-11-10-14-6-4-5-7-15(14)12-17)13-18-19-20-21-22(18)16-8-2-1-3-9-16/h1-3,8-12H,4-7,13H2. The van der Waals surface area contributed by atoms with Gasteiger partial charge < -0.3 is 0 Å². The number of aryl methyl sites for hydroxylation is 2. The van der Waals surface area contributed by atoms with Crippen molar-refractivity contribution >= 4 is 9.84 Å². The molecular formula is C18H18N4O2S. The Morgan fingerprint density at radius 3 is 2.52 bits per heavy atom. The van der Waals surface area contributed by atoms with Crippen LogP contribution in [0.1, 0.15) is 29.8 Å². The molecule has 0 N–H and O–H groups in total. The zero-order chi connectivity index (χ0) is 17.3. The maximum atomic E-state index is 12.9. The Balaban J connectivity index is 1.66. The van der Waals surface area contributed by atoms with Crippen molar-refractivity contribution in [2.75, 3.05) is 0 Å². The van der Waals surface area contributed by atoms with Crippen LogP contribution in [0.2, 0.25) is 0 Å². The molecular weight excluding hydrogens is 336 g/mol. The highest BCUT2D eigenvalue weighted by Gasteiger charge is 2.22. The summed E-state index contributed by atoms with van der Waals surface area (Å²) in [7, 11) is -3.51. The fourth-order valence-corrected chi connectivity index (χ4v) is 4.51. The molecule has 128 valence electrons. The molecule has 0 atom stereocenters. The Morgan fingerprint density at radius 1 is 0.960 bits per heavy atom. The molecule has 0 saturated heterocycles. The number of hydrogen-bond donors (Lipinski definition) is 0. The van der Waals surface area contributed by atoms with Gasteiger partial charge in [-0.15, -0.1) is 5.10 Å². The molecule has 1 aliphatic rings. The number of para-hydroxylation sites is 1. The van der Waals surface area contributed by atoms with Gasteiger partial charge >= 0.3 is 0 Å². The van der Waals surface area contributed by atoms with Crippen LogP contribution in [0.25, 0.3) is 5.69 Å². The molecule has 0 spiro atoms. The minimum Gasteiger partial charge on any atom is -0.223 e. The third kappa shape index (κ3) is 3.19. The zero-order valence-electron chi connectivity index (χ0n) is 13.7. The van der Waals surface area contributed by atoms with Crippen LogP contribution in [0.3, 0.4) is 0 Å². The number of nitrogens with zero attached hydrogens (tertiary/aromatic N) is 4. The lowest BCUT2D eigenvalue weighted by Crippen LogP contribution is -2.12. The molecule has 1 aromatic heterocycles. The highest BCUT2D eigenvalue weighted by atomic mass is 32.2. The van der Waals surface area contributed by atoms with E-state index in [-0.39, 0.29) is 5.75 Å².